The van der Waals surface area contributed by atoms with Crippen molar-refractivity contribution in [2.24, 2.45) is 10.9 Å². The van der Waals surface area contributed by atoms with E-state index >= 15 is 0 Å². The van der Waals surface area contributed by atoms with Crippen LogP contribution < -0.4 is 5.32 Å². The van der Waals surface area contributed by atoms with Crippen molar-refractivity contribution in [3.05, 3.63) is 46.1 Å². The number of rotatable bonds is 7. The number of esters is 2. The molecular weight excluding hydrogens is 430 g/mol. The summed E-state index contributed by atoms with van der Waals surface area (Å²) in [6.07, 6.45) is 0. The first kappa shape index (κ1) is 24.4. The average Bonchev–Trinajstić information content (AvgIpc) is 2.79. The molecule has 3 unspecified atom stereocenters. The summed E-state index contributed by atoms with van der Waals surface area (Å²) in [6.45, 7) is 11.3. The lowest BCUT2D eigenvalue weighted by Crippen LogP contribution is -2.49. The number of carbonyl (C=O) groups is 2. The summed E-state index contributed by atoms with van der Waals surface area (Å²) in [7, 11) is 0. The first-order valence-electron chi connectivity index (χ1n) is 11.2. The van der Waals surface area contributed by atoms with Crippen molar-refractivity contribution in [2.75, 3.05) is 39.4 Å². The highest BCUT2D eigenvalue weighted by molar-refractivity contribution is 6.31. The topological polar surface area (TPSA) is 80.2 Å². The van der Waals surface area contributed by atoms with Gasteiger partial charge in [0.05, 0.1) is 24.5 Å². The van der Waals surface area contributed by atoms with Gasteiger partial charge in [0.1, 0.15) is 5.92 Å². The van der Waals surface area contributed by atoms with Gasteiger partial charge in [-0.25, -0.2) is 4.79 Å². The molecule has 3 rings (SSSR count). The molecule has 8 heteroatoms. The van der Waals surface area contributed by atoms with E-state index in [4.69, 9.17) is 26.1 Å². The molecule has 0 aromatic heterocycles. The second-order valence-electron chi connectivity index (χ2n) is 7.96. The number of carbonyl (C=O) groups excluding carboxylic acids is 2. The monoisotopic (exact) mass is 461 g/mol. The molecule has 1 N–H and O–H groups in total. The van der Waals surface area contributed by atoms with Gasteiger partial charge in [-0.05, 0) is 39.3 Å². The molecule has 1 saturated heterocycles. The predicted octanol–water partition coefficient (Wildman–Crippen LogP) is 3.19. The Morgan fingerprint density at radius 1 is 1.19 bits per heavy atom. The zero-order valence-corrected chi connectivity index (χ0v) is 19.9. The second-order valence-corrected chi connectivity index (χ2v) is 8.37. The van der Waals surface area contributed by atoms with E-state index in [1.54, 1.807) is 19.9 Å². The van der Waals surface area contributed by atoms with Gasteiger partial charge in [0.15, 0.2) is 0 Å². The van der Waals surface area contributed by atoms with E-state index in [1.165, 1.54) is 0 Å². The Labute approximate surface area is 194 Å². The van der Waals surface area contributed by atoms with Crippen LogP contribution in [0.4, 0.5) is 0 Å². The summed E-state index contributed by atoms with van der Waals surface area (Å²) in [6, 6.07) is 7.17. The fourth-order valence-electron chi connectivity index (χ4n) is 4.49. The summed E-state index contributed by atoms with van der Waals surface area (Å²) >= 11 is 6.59. The van der Waals surface area contributed by atoms with E-state index < -0.39 is 23.8 Å². The normalized spacial score (nSPS) is 22.8. The molecule has 2 aliphatic rings. The van der Waals surface area contributed by atoms with Gasteiger partial charge in [0.2, 0.25) is 0 Å². The fourth-order valence-corrected chi connectivity index (χ4v) is 4.74. The summed E-state index contributed by atoms with van der Waals surface area (Å²) in [5, 5.41) is 3.83. The number of hydrogen-bond acceptors (Lipinski definition) is 7. The SMILES string of the molecule is CCOC(=O)C1=C(C(C)N2CCNCC2)N=C(C)C(C(=O)OCC)C1c1ccccc1Cl. The molecule has 174 valence electrons. The van der Waals surface area contributed by atoms with E-state index in [0.29, 0.717) is 27.6 Å². The van der Waals surface area contributed by atoms with Crippen molar-refractivity contribution < 1.29 is 19.1 Å². The van der Waals surface area contributed by atoms with E-state index in [-0.39, 0.29) is 19.3 Å². The molecule has 2 aliphatic heterocycles. The average molecular weight is 462 g/mol. The number of piperazine rings is 1. The van der Waals surface area contributed by atoms with Crippen LogP contribution in [0.25, 0.3) is 0 Å². The predicted molar refractivity (Wildman–Crippen MR) is 125 cm³/mol. The van der Waals surface area contributed by atoms with E-state index in [0.717, 1.165) is 26.2 Å². The van der Waals surface area contributed by atoms with E-state index in [1.807, 2.05) is 32.0 Å². The Kier molecular flexibility index (Phi) is 8.45. The molecule has 0 amide bonds. The van der Waals surface area contributed by atoms with Crippen LogP contribution in [0.5, 0.6) is 0 Å². The van der Waals surface area contributed by atoms with Gasteiger partial charge in [-0.2, -0.15) is 0 Å². The van der Waals surface area contributed by atoms with E-state index in [9.17, 15) is 9.59 Å². The van der Waals surface area contributed by atoms with Crippen molar-refractivity contribution >= 4 is 29.3 Å². The van der Waals surface area contributed by atoms with Crippen LogP contribution in [0.15, 0.2) is 40.5 Å². The molecule has 32 heavy (non-hydrogen) atoms. The number of nitrogens with one attached hydrogen (secondary N) is 1. The minimum atomic E-state index is -0.756. The van der Waals surface area contributed by atoms with Crippen molar-refractivity contribution in [3.63, 3.8) is 0 Å². The Bertz CT molecular complexity index is 908. The fraction of sp³-hybridized carbons (Fsp3) is 0.542. The van der Waals surface area contributed by atoms with Crippen molar-refractivity contribution in [3.8, 4) is 0 Å². The first-order valence-corrected chi connectivity index (χ1v) is 11.6. The van der Waals surface area contributed by atoms with Gasteiger partial charge in [-0.3, -0.25) is 14.7 Å². The summed E-state index contributed by atoms with van der Waals surface area (Å²) < 4.78 is 10.9. The van der Waals surface area contributed by atoms with Crippen molar-refractivity contribution in [1.82, 2.24) is 10.2 Å². The maximum absolute atomic E-state index is 13.3. The molecule has 0 radical (unpaired) electrons. The molecule has 7 nitrogen and oxygen atoms in total. The number of benzene rings is 1. The lowest BCUT2D eigenvalue weighted by atomic mass is 9.74. The minimum Gasteiger partial charge on any atom is -0.465 e. The Morgan fingerprint density at radius 2 is 1.84 bits per heavy atom. The smallest absolute Gasteiger partial charge is 0.336 e. The first-order chi connectivity index (χ1) is 15.4. The summed E-state index contributed by atoms with van der Waals surface area (Å²) in [5.74, 6) is -2.29. The van der Waals surface area contributed by atoms with Crippen LogP contribution in [0, 0.1) is 5.92 Å². The molecule has 0 spiro atoms. The van der Waals surface area contributed by atoms with Gasteiger partial charge in [-0.1, -0.05) is 29.8 Å². The van der Waals surface area contributed by atoms with Crippen LogP contribution in [0.2, 0.25) is 5.02 Å². The Balaban J connectivity index is 2.21. The molecule has 1 aromatic rings. The molecule has 1 fully saturated rings. The Morgan fingerprint density at radius 3 is 2.47 bits per heavy atom. The molecular formula is C24H32ClN3O4. The number of nitrogens with zero attached hydrogens (tertiary/aromatic N) is 2. The zero-order valence-electron chi connectivity index (χ0n) is 19.2. The van der Waals surface area contributed by atoms with Gasteiger partial charge in [-0.15, -0.1) is 0 Å². The third-order valence-corrected chi connectivity index (χ3v) is 6.38. The lowest BCUT2D eigenvalue weighted by molar-refractivity contribution is -0.146. The van der Waals surface area contributed by atoms with Crippen LogP contribution in [-0.4, -0.2) is 68.0 Å². The standard InChI is InChI=1S/C24H32ClN3O4/c1-5-31-23(29)19-15(3)27-22(16(4)28-13-11-26-12-14-28)21(24(30)32-6-2)20(19)17-9-7-8-10-18(17)25/h7-10,16,19-20,26H,5-6,11-14H2,1-4H3. The van der Waals surface area contributed by atoms with Gasteiger partial charge in [0.25, 0.3) is 0 Å². The largest absolute Gasteiger partial charge is 0.465 e. The highest BCUT2D eigenvalue weighted by Crippen LogP contribution is 2.43. The molecule has 1 aromatic carbocycles. The molecule has 2 heterocycles. The van der Waals surface area contributed by atoms with Gasteiger partial charge >= 0.3 is 11.9 Å². The highest BCUT2D eigenvalue weighted by Gasteiger charge is 2.45. The minimum absolute atomic E-state index is 0.125. The van der Waals surface area contributed by atoms with Crippen LogP contribution in [0.3, 0.4) is 0 Å². The maximum atomic E-state index is 13.3. The van der Waals surface area contributed by atoms with Crippen LogP contribution >= 0.6 is 11.6 Å². The molecule has 0 bridgehead atoms. The van der Waals surface area contributed by atoms with Crippen molar-refractivity contribution in [2.45, 2.75) is 39.7 Å². The number of hydrogen-bond donors (Lipinski definition) is 1. The lowest BCUT2D eigenvalue weighted by Gasteiger charge is -2.38. The van der Waals surface area contributed by atoms with Gasteiger partial charge in [0, 0.05) is 48.9 Å². The number of ether oxygens (including phenoxy) is 2. The third-order valence-electron chi connectivity index (χ3n) is 6.04. The maximum Gasteiger partial charge on any atom is 0.336 e. The zero-order chi connectivity index (χ0) is 23.3. The van der Waals surface area contributed by atoms with Crippen molar-refractivity contribution in [1.29, 1.82) is 0 Å². The number of halogens is 1. The molecule has 0 aliphatic carbocycles. The summed E-state index contributed by atoms with van der Waals surface area (Å²) in [5.41, 5.74) is 2.32. The van der Waals surface area contributed by atoms with Crippen LogP contribution in [0.1, 0.15) is 39.2 Å². The summed E-state index contributed by atoms with van der Waals surface area (Å²) in [4.78, 5) is 33.5. The molecule has 0 saturated carbocycles. The quantitative estimate of drug-likeness (QED) is 0.628. The van der Waals surface area contributed by atoms with Gasteiger partial charge < -0.3 is 14.8 Å². The van der Waals surface area contributed by atoms with Crippen LogP contribution in [-0.2, 0) is 19.1 Å². The third kappa shape index (κ3) is 5.05. The highest BCUT2D eigenvalue weighted by atomic mass is 35.5. The molecule has 3 atom stereocenters. The Hall–Kier alpha value is -2.22. The van der Waals surface area contributed by atoms with E-state index in [2.05, 4.69) is 10.2 Å². The second kappa shape index (κ2) is 11.1. The number of aliphatic imine (C=N–C) groups is 1.